The molecular formula is C18H21ClN4O2. The maximum atomic E-state index is 12.5. The summed E-state index contributed by atoms with van der Waals surface area (Å²) < 4.78 is 5.33. The Morgan fingerprint density at radius 1 is 1.32 bits per heavy atom. The molecule has 6 nitrogen and oxygen atoms in total. The molecule has 0 unspecified atom stereocenters. The molecule has 1 atom stereocenters. The van der Waals surface area contributed by atoms with Gasteiger partial charge in [-0.25, -0.2) is 9.97 Å². The maximum absolute atomic E-state index is 12.5. The highest BCUT2D eigenvalue weighted by atomic mass is 35.5. The molecule has 7 heteroatoms. The third kappa shape index (κ3) is 4.46. The largest absolute Gasteiger partial charge is 0.378 e. The lowest BCUT2D eigenvalue weighted by Gasteiger charge is -2.26. The van der Waals surface area contributed by atoms with E-state index in [0.29, 0.717) is 38.8 Å². The Bertz CT molecular complexity index is 720. The second kappa shape index (κ2) is 8.27. The predicted octanol–water partition coefficient (Wildman–Crippen LogP) is 2.50. The molecule has 1 aromatic carbocycles. The number of amides is 1. The van der Waals surface area contributed by atoms with Crippen LogP contribution < -0.4 is 10.2 Å². The number of morpholine rings is 1. The van der Waals surface area contributed by atoms with E-state index >= 15 is 0 Å². The average Bonchev–Trinajstić information content (AvgIpc) is 2.67. The van der Waals surface area contributed by atoms with Gasteiger partial charge in [0.2, 0.25) is 5.95 Å². The van der Waals surface area contributed by atoms with Gasteiger partial charge in [0.05, 0.1) is 24.4 Å². The molecular weight excluding hydrogens is 340 g/mol. The molecule has 1 N–H and O–H groups in total. The number of aromatic nitrogens is 2. The summed E-state index contributed by atoms with van der Waals surface area (Å²) in [6.07, 6.45) is 1.48. The molecule has 0 bridgehead atoms. The Hall–Kier alpha value is -2.18. The van der Waals surface area contributed by atoms with Gasteiger partial charge in [0.25, 0.3) is 5.91 Å². The fourth-order valence-electron chi connectivity index (χ4n) is 2.66. The zero-order valence-corrected chi connectivity index (χ0v) is 14.9. The smallest absolute Gasteiger partial charge is 0.271 e. The number of rotatable bonds is 5. The van der Waals surface area contributed by atoms with Crippen molar-refractivity contribution in [1.82, 2.24) is 15.3 Å². The molecule has 3 rings (SSSR count). The summed E-state index contributed by atoms with van der Waals surface area (Å²) in [6, 6.07) is 10.0. The molecule has 0 spiro atoms. The van der Waals surface area contributed by atoms with Gasteiger partial charge in [-0.1, -0.05) is 48.9 Å². The van der Waals surface area contributed by atoms with E-state index in [9.17, 15) is 4.79 Å². The van der Waals surface area contributed by atoms with E-state index in [-0.39, 0.29) is 22.5 Å². The van der Waals surface area contributed by atoms with Gasteiger partial charge in [-0.15, -0.1) is 0 Å². The van der Waals surface area contributed by atoms with Crippen LogP contribution in [0.25, 0.3) is 0 Å². The van der Waals surface area contributed by atoms with Crippen molar-refractivity contribution in [1.29, 1.82) is 0 Å². The molecule has 0 saturated carbocycles. The zero-order valence-electron chi connectivity index (χ0n) is 14.1. The summed E-state index contributed by atoms with van der Waals surface area (Å²) in [5.41, 5.74) is 1.38. The average molecular weight is 361 g/mol. The number of hydrogen-bond donors (Lipinski definition) is 1. The van der Waals surface area contributed by atoms with Crippen molar-refractivity contribution in [2.45, 2.75) is 12.8 Å². The number of anilines is 1. The molecule has 2 aromatic rings. The number of carbonyl (C=O) groups is 1. The highest BCUT2D eigenvalue weighted by molar-refractivity contribution is 6.33. The van der Waals surface area contributed by atoms with E-state index in [2.05, 4.69) is 22.2 Å². The number of carbonyl (C=O) groups excluding carboxylic acids is 1. The quantitative estimate of drug-likeness (QED) is 0.887. The van der Waals surface area contributed by atoms with Crippen LogP contribution in [-0.4, -0.2) is 48.7 Å². The summed E-state index contributed by atoms with van der Waals surface area (Å²) >= 11 is 6.13. The second-order valence-electron chi connectivity index (χ2n) is 5.99. The third-order valence-electron chi connectivity index (χ3n) is 4.18. The topological polar surface area (TPSA) is 67.4 Å². The Morgan fingerprint density at radius 2 is 2.04 bits per heavy atom. The van der Waals surface area contributed by atoms with Crippen LogP contribution in [-0.2, 0) is 4.74 Å². The number of hydrogen-bond acceptors (Lipinski definition) is 5. The van der Waals surface area contributed by atoms with Crippen molar-refractivity contribution in [3.63, 3.8) is 0 Å². The fourth-order valence-corrected chi connectivity index (χ4v) is 2.84. The van der Waals surface area contributed by atoms with Gasteiger partial charge >= 0.3 is 0 Å². The van der Waals surface area contributed by atoms with E-state index < -0.39 is 0 Å². The van der Waals surface area contributed by atoms with E-state index in [1.54, 1.807) is 0 Å². The lowest BCUT2D eigenvalue weighted by molar-refractivity contribution is 0.0946. The third-order valence-corrected chi connectivity index (χ3v) is 4.45. The van der Waals surface area contributed by atoms with E-state index in [1.165, 1.54) is 11.8 Å². The first-order valence-electron chi connectivity index (χ1n) is 8.33. The van der Waals surface area contributed by atoms with Gasteiger partial charge in [0.15, 0.2) is 5.69 Å². The van der Waals surface area contributed by atoms with Crippen LogP contribution in [0.15, 0.2) is 36.5 Å². The van der Waals surface area contributed by atoms with Crippen LogP contribution >= 0.6 is 11.6 Å². The Labute approximate surface area is 152 Å². The monoisotopic (exact) mass is 360 g/mol. The molecule has 1 aliphatic heterocycles. The minimum atomic E-state index is -0.287. The van der Waals surface area contributed by atoms with E-state index in [0.717, 1.165) is 0 Å². The molecule has 1 aliphatic rings. The van der Waals surface area contributed by atoms with Crippen molar-refractivity contribution in [2.24, 2.45) is 0 Å². The molecule has 1 aromatic heterocycles. The van der Waals surface area contributed by atoms with Crippen LogP contribution in [0.2, 0.25) is 5.02 Å². The van der Waals surface area contributed by atoms with Crippen molar-refractivity contribution >= 4 is 23.5 Å². The maximum Gasteiger partial charge on any atom is 0.271 e. The van der Waals surface area contributed by atoms with Gasteiger partial charge in [0, 0.05) is 19.6 Å². The first-order chi connectivity index (χ1) is 12.1. The standard InChI is InChI=1S/C18H21ClN4O2/c1-13(14-5-3-2-4-6-14)11-20-17(24)16-15(19)12-21-18(22-16)23-7-9-25-10-8-23/h2-6,12-13H,7-11H2,1H3,(H,20,24)/t13-/m0/s1. The molecule has 25 heavy (non-hydrogen) atoms. The van der Waals surface area contributed by atoms with Gasteiger partial charge < -0.3 is 15.0 Å². The van der Waals surface area contributed by atoms with Crippen LogP contribution in [0.5, 0.6) is 0 Å². The number of nitrogens with zero attached hydrogens (tertiary/aromatic N) is 3. The van der Waals surface area contributed by atoms with Gasteiger partial charge in [0.1, 0.15) is 0 Å². The molecule has 2 heterocycles. The minimum absolute atomic E-state index is 0.199. The van der Waals surface area contributed by atoms with E-state index in [1.807, 2.05) is 35.2 Å². The van der Waals surface area contributed by atoms with Crippen LogP contribution in [0.4, 0.5) is 5.95 Å². The first-order valence-corrected chi connectivity index (χ1v) is 8.71. The van der Waals surface area contributed by atoms with Gasteiger partial charge in [-0.05, 0) is 11.5 Å². The lowest BCUT2D eigenvalue weighted by atomic mass is 10.0. The molecule has 1 amide bonds. The SMILES string of the molecule is C[C@@H](CNC(=O)c1nc(N2CCOCC2)ncc1Cl)c1ccccc1. The summed E-state index contributed by atoms with van der Waals surface area (Å²) in [6.45, 7) is 5.23. The van der Waals surface area contributed by atoms with E-state index in [4.69, 9.17) is 16.3 Å². The van der Waals surface area contributed by atoms with Crippen LogP contribution in [0.1, 0.15) is 28.9 Å². The molecule has 0 aliphatic carbocycles. The number of ether oxygens (including phenoxy) is 1. The van der Waals surface area contributed by atoms with Crippen LogP contribution in [0.3, 0.4) is 0 Å². The summed E-state index contributed by atoms with van der Waals surface area (Å²) in [5, 5.41) is 3.16. The molecule has 0 radical (unpaired) electrons. The summed E-state index contributed by atoms with van der Waals surface area (Å²) in [5.74, 6) is 0.420. The Kier molecular flexibility index (Phi) is 5.83. The summed E-state index contributed by atoms with van der Waals surface area (Å²) in [7, 11) is 0. The normalized spacial score (nSPS) is 15.7. The first kappa shape index (κ1) is 17.6. The molecule has 1 saturated heterocycles. The number of halogens is 1. The second-order valence-corrected chi connectivity index (χ2v) is 6.39. The fraction of sp³-hybridized carbons (Fsp3) is 0.389. The van der Waals surface area contributed by atoms with Crippen LogP contribution in [0, 0.1) is 0 Å². The Balaban J connectivity index is 1.66. The highest BCUT2D eigenvalue weighted by Gasteiger charge is 2.19. The van der Waals surface area contributed by atoms with Gasteiger partial charge in [-0.3, -0.25) is 4.79 Å². The van der Waals surface area contributed by atoms with Gasteiger partial charge in [-0.2, -0.15) is 0 Å². The Morgan fingerprint density at radius 3 is 2.76 bits per heavy atom. The predicted molar refractivity (Wildman–Crippen MR) is 97.3 cm³/mol. The number of benzene rings is 1. The van der Waals surface area contributed by atoms with Crippen molar-refractivity contribution in [3.8, 4) is 0 Å². The molecule has 132 valence electrons. The van der Waals surface area contributed by atoms with Crippen molar-refractivity contribution in [3.05, 3.63) is 52.8 Å². The highest BCUT2D eigenvalue weighted by Crippen LogP contribution is 2.18. The zero-order chi connectivity index (χ0) is 17.6. The number of nitrogens with one attached hydrogen (secondary N) is 1. The van der Waals surface area contributed by atoms with Crippen molar-refractivity contribution in [2.75, 3.05) is 37.7 Å². The molecule has 1 fully saturated rings. The summed E-state index contributed by atoms with van der Waals surface area (Å²) in [4.78, 5) is 23.1. The minimum Gasteiger partial charge on any atom is -0.378 e. The van der Waals surface area contributed by atoms with Crippen molar-refractivity contribution < 1.29 is 9.53 Å². The lowest BCUT2D eigenvalue weighted by Crippen LogP contribution is -2.38.